The fourth-order valence-corrected chi connectivity index (χ4v) is 7.41. The first-order valence-electron chi connectivity index (χ1n) is 13.4. The number of aryl methyl sites for hydroxylation is 1. The van der Waals surface area contributed by atoms with Crippen molar-refractivity contribution >= 4 is 58.1 Å². The fourth-order valence-electron chi connectivity index (χ4n) is 6.90. The average molecular weight is 579 g/mol. The van der Waals surface area contributed by atoms with Gasteiger partial charge in [-0.2, -0.15) is 0 Å². The highest BCUT2D eigenvalue weighted by atomic mass is 35.5. The van der Waals surface area contributed by atoms with E-state index in [2.05, 4.69) is 5.32 Å². The topological polar surface area (TPSA) is 66.5 Å². The number of para-hydroxylation sites is 1. The first-order valence-corrected chi connectivity index (χ1v) is 14.1. The number of hydrogen-bond donors (Lipinski definition) is 1. The SMILES string of the molecule is Cc1ccc2c(c1)N1[C@H](C(=O)c3ccccc3)[C@H](C(=O)c3ccc(Cl)cc3Cl)[C@]3(C(=O)Nc4ccccc43)[C@@H]1C=C2. The van der Waals surface area contributed by atoms with E-state index in [-0.39, 0.29) is 28.1 Å². The van der Waals surface area contributed by atoms with Crippen molar-refractivity contribution in [2.45, 2.75) is 24.4 Å². The number of halogens is 2. The monoisotopic (exact) mass is 578 g/mol. The molecule has 3 heterocycles. The minimum absolute atomic E-state index is 0.173. The van der Waals surface area contributed by atoms with Crippen LogP contribution in [0.15, 0.2) is 97.1 Å². The molecule has 41 heavy (non-hydrogen) atoms. The number of nitrogens with zero attached hydrogens (tertiary/aromatic N) is 1. The fraction of sp³-hybridized carbons (Fsp3) is 0.147. The zero-order chi connectivity index (χ0) is 28.5. The molecule has 3 aliphatic rings. The van der Waals surface area contributed by atoms with Crippen LogP contribution < -0.4 is 10.2 Å². The molecule has 0 aromatic heterocycles. The molecule has 0 unspecified atom stereocenters. The summed E-state index contributed by atoms with van der Waals surface area (Å²) in [5.74, 6) is -2.04. The maximum absolute atomic E-state index is 14.9. The largest absolute Gasteiger partial charge is 0.352 e. The van der Waals surface area contributed by atoms with Gasteiger partial charge in [-0.1, -0.05) is 96.0 Å². The van der Waals surface area contributed by atoms with Crippen LogP contribution in [0, 0.1) is 12.8 Å². The van der Waals surface area contributed by atoms with Crippen molar-refractivity contribution in [3.8, 4) is 0 Å². The highest BCUT2D eigenvalue weighted by Crippen LogP contribution is 2.58. The molecule has 7 heteroatoms. The molecule has 0 radical (unpaired) electrons. The van der Waals surface area contributed by atoms with Gasteiger partial charge in [-0.15, -0.1) is 0 Å². The number of ketones is 2. The Labute approximate surface area is 247 Å². The number of nitrogens with one attached hydrogen (secondary N) is 1. The number of rotatable bonds is 4. The molecule has 0 bridgehead atoms. The van der Waals surface area contributed by atoms with E-state index < -0.39 is 23.4 Å². The van der Waals surface area contributed by atoms with Gasteiger partial charge in [0.15, 0.2) is 11.6 Å². The van der Waals surface area contributed by atoms with Gasteiger partial charge >= 0.3 is 0 Å². The van der Waals surface area contributed by atoms with Crippen LogP contribution in [0.5, 0.6) is 0 Å². The summed E-state index contributed by atoms with van der Waals surface area (Å²) in [4.78, 5) is 45.9. The van der Waals surface area contributed by atoms with Crippen molar-refractivity contribution in [3.05, 3.63) is 135 Å². The summed E-state index contributed by atoms with van der Waals surface area (Å²) in [5.41, 5.74) is 3.33. The van der Waals surface area contributed by atoms with Crippen LogP contribution in [-0.4, -0.2) is 29.6 Å². The van der Waals surface area contributed by atoms with Crippen LogP contribution in [0.3, 0.4) is 0 Å². The van der Waals surface area contributed by atoms with Gasteiger partial charge < -0.3 is 10.2 Å². The molecule has 1 saturated heterocycles. The molecule has 0 aliphatic carbocycles. The van der Waals surface area contributed by atoms with Gasteiger partial charge in [0.25, 0.3) is 0 Å². The summed E-state index contributed by atoms with van der Waals surface area (Å²) < 4.78 is 0. The molecule has 1 N–H and O–H groups in total. The van der Waals surface area contributed by atoms with E-state index in [4.69, 9.17) is 23.2 Å². The third-order valence-electron chi connectivity index (χ3n) is 8.60. The number of hydrogen-bond acceptors (Lipinski definition) is 4. The van der Waals surface area contributed by atoms with Gasteiger partial charge in [-0.05, 0) is 53.9 Å². The molecule has 5 nitrogen and oxygen atoms in total. The van der Waals surface area contributed by atoms with E-state index >= 15 is 0 Å². The van der Waals surface area contributed by atoms with Gasteiger partial charge in [-0.3, -0.25) is 14.4 Å². The van der Waals surface area contributed by atoms with Crippen molar-refractivity contribution in [1.82, 2.24) is 0 Å². The van der Waals surface area contributed by atoms with Crippen molar-refractivity contribution in [2.24, 2.45) is 5.92 Å². The molecule has 4 aromatic carbocycles. The van der Waals surface area contributed by atoms with Crippen LogP contribution in [-0.2, 0) is 10.2 Å². The van der Waals surface area contributed by atoms with E-state index in [1.54, 1.807) is 36.4 Å². The van der Waals surface area contributed by atoms with Crippen molar-refractivity contribution in [1.29, 1.82) is 0 Å². The van der Waals surface area contributed by atoms with Crippen LogP contribution >= 0.6 is 23.2 Å². The lowest BCUT2D eigenvalue weighted by Gasteiger charge is -2.37. The third-order valence-corrected chi connectivity index (χ3v) is 9.14. The molecular formula is C34H24Cl2N2O3. The quantitative estimate of drug-likeness (QED) is 0.261. The van der Waals surface area contributed by atoms with Gasteiger partial charge in [0.1, 0.15) is 11.5 Å². The van der Waals surface area contributed by atoms with Crippen LogP contribution in [0.1, 0.15) is 37.4 Å². The van der Waals surface area contributed by atoms with E-state index in [1.807, 2.05) is 72.5 Å². The van der Waals surface area contributed by atoms with Crippen LogP contribution in [0.4, 0.5) is 11.4 Å². The molecule has 1 spiro atoms. The second kappa shape index (κ2) is 9.44. The summed E-state index contributed by atoms with van der Waals surface area (Å²) in [7, 11) is 0. The van der Waals surface area contributed by atoms with Gasteiger partial charge in [0.05, 0.1) is 17.0 Å². The third kappa shape index (κ3) is 3.66. The number of benzene rings is 4. The normalized spacial score (nSPS) is 23.6. The Morgan fingerprint density at radius 3 is 2.41 bits per heavy atom. The van der Waals surface area contributed by atoms with Gasteiger partial charge in [0.2, 0.25) is 5.91 Å². The number of Topliss-reactive ketones (excluding diaryl/α,β-unsaturated/α-hetero) is 2. The summed E-state index contributed by atoms with van der Waals surface area (Å²) in [6.07, 6.45) is 3.94. The van der Waals surface area contributed by atoms with Crippen molar-refractivity contribution in [3.63, 3.8) is 0 Å². The van der Waals surface area contributed by atoms with E-state index in [0.717, 1.165) is 16.8 Å². The highest BCUT2D eigenvalue weighted by molar-refractivity contribution is 6.37. The Balaban J connectivity index is 1.56. The van der Waals surface area contributed by atoms with E-state index in [1.165, 1.54) is 6.07 Å². The molecule has 7 rings (SSSR count). The first-order chi connectivity index (χ1) is 19.8. The number of fused-ring (bicyclic) bond motifs is 6. The summed E-state index contributed by atoms with van der Waals surface area (Å²) >= 11 is 12.8. The predicted molar refractivity (Wildman–Crippen MR) is 162 cm³/mol. The molecule has 1 amide bonds. The predicted octanol–water partition coefficient (Wildman–Crippen LogP) is 7.16. The maximum atomic E-state index is 14.9. The Kier molecular flexibility index (Phi) is 5.93. The molecule has 202 valence electrons. The van der Waals surface area contributed by atoms with Crippen molar-refractivity contribution in [2.75, 3.05) is 10.2 Å². The Morgan fingerprint density at radius 2 is 1.63 bits per heavy atom. The summed E-state index contributed by atoms with van der Waals surface area (Å²) in [5, 5.41) is 3.60. The standard InChI is InChI=1S/C34H24Cl2N2O3/c1-19-11-12-20-13-16-28-34(24-9-5-6-10-26(24)37-33(34)41)29(32(40)23-15-14-22(35)18-25(23)36)30(38(28)27(20)17-19)31(39)21-7-3-2-4-8-21/h2-18,28-30H,1H3,(H,37,41)/t28-,29+,30-,34+/m0/s1. The molecule has 0 saturated carbocycles. The maximum Gasteiger partial charge on any atom is 0.238 e. The lowest BCUT2D eigenvalue weighted by atomic mass is 9.64. The van der Waals surface area contributed by atoms with Crippen LogP contribution in [0.2, 0.25) is 10.0 Å². The minimum atomic E-state index is -1.40. The lowest BCUT2D eigenvalue weighted by Crippen LogP contribution is -2.51. The number of anilines is 2. The first kappa shape index (κ1) is 25.8. The number of carbonyl (C=O) groups is 3. The smallest absolute Gasteiger partial charge is 0.238 e. The van der Waals surface area contributed by atoms with Crippen LogP contribution in [0.25, 0.3) is 6.08 Å². The van der Waals surface area contributed by atoms with E-state index in [0.29, 0.717) is 21.8 Å². The van der Waals surface area contributed by atoms with E-state index in [9.17, 15) is 14.4 Å². The molecule has 1 fully saturated rings. The Bertz CT molecular complexity index is 1800. The lowest BCUT2D eigenvalue weighted by molar-refractivity contribution is -0.121. The summed E-state index contributed by atoms with van der Waals surface area (Å²) in [6, 6.07) is 25.5. The second-order valence-corrected chi connectivity index (χ2v) is 11.6. The molecule has 4 atom stereocenters. The summed E-state index contributed by atoms with van der Waals surface area (Å²) in [6.45, 7) is 1.99. The minimum Gasteiger partial charge on any atom is -0.352 e. The average Bonchev–Trinajstić information content (AvgIpc) is 3.45. The van der Waals surface area contributed by atoms with Gasteiger partial charge in [-0.25, -0.2) is 0 Å². The molecule has 3 aliphatic heterocycles. The van der Waals surface area contributed by atoms with Gasteiger partial charge in [0, 0.05) is 27.5 Å². The van der Waals surface area contributed by atoms with Crippen molar-refractivity contribution < 1.29 is 14.4 Å². The number of amides is 1. The zero-order valence-electron chi connectivity index (χ0n) is 22.0. The highest BCUT2D eigenvalue weighted by Gasteiger charge is 2.70. The molecule has 4 aromatic rings. The number of carbonyl (C=O) groups excluding carboxylic acids is 3. The Hall–Kier alpha value is -4.19. The zero-order valence-corrected chi connectivity index (χ0v) is 23.5. The molecular weight excluding hydrogens is 555 g/mol. The Morgan fingerprint density at radius 1 is 0.878 bits per heavy atom. The second-order valence-electron chi connectivity index (χ2n) is 10.8.